The van der Waals surface area contributed by atoms with Crippen LogP contribution in [0.3, 0.4) is 0 Å². The fourth-order valence-corrected chi connectivity index (χ4v) is 3.20. The lowest BCUT2D eigenvalue weighted by Crippen LogP contribution is -2.34. The average molecular weight is 331 g/mol. The van der Waals surface area contributed by atoms with Crippen molar-refractivity contribution in [3.8, 4) is 5.88 Å². The first kappa shape index (κ1) is 16.1. The molecule has 0 atom stereocenters. The molecule has 2 heterocycles. The number of hydrogen-bond donors (Lipinski definition) is 1. The van der Waals surface area contributed by atoms with E-state index in [0.717, 1.165) is 13.0 Å². The minimum Gasteiger partial charge on any atom is -0.478 e. The number of aromatic nitrogens is 2. The highest BCUT2D eigenvalue weighted by atomic mass is 19.4. The summed E-state index contributed by atoms with van der Waals surface area (Å²) in [5.41, 5.74) is 0.297. The van der Waals surface area contributed by atoms with Gasteiger partial charge in [-0.15, -0.1) is 0 Å². The number of ether oxygens (including phenoxy) is 1. The van der Waals surface area contributed by atoms with E-state index in [1.165, 1.54) is 0 Å². The SMILES string of the molecule is O=C(NCC1CCC(C(F)(F)F)CC1)c1cc2n(n1)CCCO2. The summed E-state index contributed by atoms with van der Waals surface area (Å²) in [7, 11) is 0. The van der Waals surface area contributed by atoms with Gasteiger partial charge in [-0.3, -0.25) is 4.79 Å². The minimum atomic E-state index is -4.09. The summed E-state index contributed by atoms with van der Waals surface area (Å²) in [5.74, 6) is -0.793. The molecule has 8 heteroatoms. The fraction of sp³-hybridized carbons (Fsp3) is 0.733. The van der Waals surface area contributed by atoms with E-state index in [9.17, 15) is 18.0 Å². The predicted octanol–water partition coefficient (Wildman–Crippen LogP) is 2.76. The van der Waals surface area contributed by atoms with E-state index in [4.69, 9.17) is 4.74 Å². The number of alkyl halides is 3. The second-order valence-electron chi connectivity index (χ2n) is 6.26. The maximum absolute atomic E-state index is 12.6. The van der Waals surface area contributed by atoms with Crippen LogP contribution in [0.15, 0.2) is 6.07 Å². The van der Waals surface area contributed by atoms with Crippen molar-refractivity contribution < 1.29 is 22.7 Å². The average Bonchev–Trinajstić information content (AvgIpc) is 2.96. The zero-order valence-electron chi connectivity index (χ0n) is 12.7. The first-order valence-electron chi connectivity index (χ1n) is 7.99. The van der Waals surface area contributed by atoms with Crippen LogP contribution in [0, 0.1) is 11.8 Å². The highest BCUT2D eigenvalue weighted by molar-refractivity contribution is 5.92. The zero-order valence-corrected chi connectivity index (χ0v) is 12.7. The summed E-state index contributed by atoms with van der Waals surface area (Å²) in [6.07, 6.45) is -1.95. The van der Waals surface area contributed by atoms with Gasteiger partial charge in [0.25, 0.3) is 5.91 Å². The van der Waals surface area contributed by atoms with E-state index in [2.05, 4.69) is 10.4 Å². The molecular formula is C15H20F3N3O2. The summed E-state index contributed by atoms with van der Waals surface area (Å²) in [6.45, 7) is 1.74. The first-order valence-corrected chi connectivity index (χ1v) is 7.99. The Morgan fingerprint density at radius 3 is 2.74 bits per heavy atom. The molecule has 23 heavy (non-hydrogen) atoms. The van der Waals surface area contributed by atoms with Gasteiger partial charge in [-0.2, -0.15) is 18.3 Å². The molecule has 1 saturated carbocycles. The van der Waals surface area contributed by atoms with Gasteiger partial charge in [-0.1, -0.05) is 0 Å². The lowest BCUT2D eigenvalue weighted by atomic mass is 9.81. The Balaban J connectivity index is 1.47. The van der Waals surface area contributed by atoms with E-state index >= 15 is 0 Å². The van der Waals surface area contributed by atoms with Gasteiger partial charge < -0.3 is 10.1 Å². The largest absolute Gasteiger partial charge is 0.478 e. The summed E-state index contributed by atoms with van der Waals surface area (Å²) >= 11 is 0. The van der Waals surface area contributed by atoms with Crippen molar-refractivity contribution in [3.63, 3.8) is 0 Å². The van der Waals surface area contributed by atoms with Gasteiger partial charge in [0.15, 0.2) is 5.69 Å². The Kier molecular flexibility index (Phi) is 4.50. The van der Waals surface area contributed by atoms with Crippen molar-refractivity contribution in [2.45, 2.75) is 44.8 Å². The fourth-order valence-electron chi connectivity index (χ4n) is 3.20. The highest BCUT2D eigenvalue weighted by Crippen LogP contribution is 2.39. The van der Waals surface area contributed by atoms with Gasteiger partial charge in [0.05, 0.1) is 12.5 Å². The molecule has 0 bridgehead atoms. The number of carbonyl (C=O) groups is 1. The number of fused-ring (bicyclic) bond motifs is 1. The second-order valence-corrected chi connectivity index (χ2v) is 6.26. The predicted molar refractivity (Wildman–Crippen MR) is 76.2 cm³/mol. The van der Waals surface area contributed by atoms with Gasteiger partial charge in [-0.25, -0.2) is 4.68 Å². The van der Waals surface area contributed by atoms with Crippen molar-refractivity contribution in [1.82, 2.24) is 15.1 Å². The third kappa shape index (κ3) is 3.79. The molecule has 5 nitrogen and oxygen atoms in total. The third-order valence-corrected chi connectivity index (χ3v) is 4.60. The van der Waals surface area contributed by atoms with E-state index in [1.54, 1.807) is 10.7 Å². The topological polar surface area (TPSA) is 56.2 Å². The van der Waals surface area contributed by atoms with Gasteiger partial charge in [-0.05, 0) is 31.6 Å². The molecule has 1 aromatic heterocycles. The maximum atomic E-state index is 12.6. The lowest BCUT2D eigenvalue weighted by Gasteiger charge is -2.29. The molecule has 1 amide bonds. The van der Waals surface area contributed by atoms with Crippen molar-refractivity contribution >= 4 is 5.91 Å². The van der Waals surface area contributed by atoms with E-state index < -0.39 is 12.1 Å². The Morgan fingerprint density at radius 1 is 1.35 bits per heavy atom. The number of hydrogen-bond acceptors (Lipinski definition) is 3. The van der Waals surface area contributed by atoms with Crippen LogP contribution in [0.4, 0.5) is 13.2 Å². The number of aryl methyl sites for hydroxylation is 1. The van der Waals surface area contributed by atoms with Crippen LogP contribution in [0.1, 0.15) is 42.6 Å². The molecule has 128 valence electrons. The number of halogens is 3. The molecular weight excluding hydrogens is 311 g/mol. The van der Waals surface area contributed by atoms with Crippen LogP contribution >= 0.6 is 0 Å². The lowest BCUT2D eigenvalue weighted by molar-refractivity contribution is -0.183. The Hall–Kier alpha value is -1.73. The van der Waals surface area contributed by atoms with Crippen molar-refractivity contribution in [1.29, 1.82) is 0 Å². The van der Waals surface area contributed by atoms with Crippen molar-refractivity contribution in [3.05, 3.63) is 11.8 Å². The number of rotatable bonds is 3. The molecule has 3 rings (SSSR count). The minimum absolute atomic E-state index is 0.103. The quantitative estimate of drug-likeness (QED) is 0.926. The number of nitrogens with zero attached hydrogens (tertiary/aromatic N) is 2. The van der Waals surface area contributed by atoms with Gasteiger partial charge in [0.1, 0.15) is 0 Å². The first-order chi connectivity index (χ1) is 10.9. The second kappa shape index (κ2) is 6.41. The Labute approximate surface area is 132 Å². The molecule has 1 fully saturated rings. The zero-order chi connectivity index (χ0) is 16.4. The maximum Gasteiger partial charge on any atom is 0.391 e. The Bertz CT molecular complexity index is 539. The molecule has 0 aromatic carbocycles. The van der Waals surface area contributed by atoms with Crippen LogP contribution in [0.25, 0.3) is 0 Å². The van der Waals surface area contributed by atoms with Crippen molar-refractivity contribution in [2.75, 3.05) is 13.2 Å². The van der Waals surface area contributed by atoms with Crippen LogP contribution in [-0.4, -0.2) is 35.0 Å². The number of nitrogens with one attached hydrogen (secondary N) is 1. The third-order valence-electron chi connectivity index (χ3n) is 4.60. The Morgan fingerprint density at radius 2 is 2.09 bits per heavy atom. The summed E-state index contributed by atoms with van der Waals surface area (Å²) in [5, 5.41) is 6.97. The standard InChI is InChI=1S/C15H20F3N3O2/c16-15(17,18)11-4-2-10(3-5-11)9-19-14(22)12-8-13-21(20-12)6-1-7-23-13/h8,10-11H,1-7,9H2,(H,19,22). The van der Waals surface area contributed by atoms with E-state index in [0.29, 0.717) is 37.6 Å². The highest BCUT2D eigenvalue weighted by Gasteiger charge is 2.41. The molecule has 0 unspecified atom stereocenters. The van der Waals surface area contributed by atoms with Crippen LogP contribution < -0.4 is 10.1 Å². The normalized spacial score (nSPS) is 24.7. The number of amides is 1. The molecule has 2 aliphatic rings. The summed E-state index contributed by atoms with van der Waals surface area (Å²) in [4.78, 5) is 12.1. The monoisotopic (exact) mass is 331 g/mol. The van der Waals surface area contributed by atoms with Crippen molar-refractivity contribution in [2.24, 2.45) is 11.8 Å². The van der Waals surface area contributed by atoms with Crippen LogP contribution in [0.5, 0.6) is 5.88 Å². The molecule has 1 aliphatic heterocycles. The van der Waals surface area contributed by atoms with Crippen LogP contribution in [0.2, 0.25) is 0 Å². The molecule has 1 N–H and O–H groups in total. The molecule has 0 spiro atoms. The van der Waals surface area contributed by atoms with Gasteiger partial charge in [0.2, 0.25) is 5.88 Å². The molecule has 0 radical (unpaired) electrons. The van der Waals surface area contributed by atoms with E-state index in [-0.39, 0.29) is 24.7 Å². The molecule has 1 aliphatic carbocycles. The molecule has 0 saturated heterocycles. The number of carbonyl (C=O) groups excluding carboxylic acids is 1. The summed E-state index contributed by atoms with van der Waals surface area (Å²) in [6, 6.07) is 1.61. The summed E-state index contributed by atoms with van der Waals surface area (Å²) < 4.78 is 44.9. The van der Waals surface area contributed by atoms with Crippen LogP contribution in [-0.2, 0) is 6.54 Å². The van der Waals surface area contributed by atoms with Gasteiger partial charge in [0, 0.05) is 25.6 Å². The molecule has 1 aromatic rings. The van der Waals surface area contributed by atoms with Gasteiger partial charge >= 0.3 is 6.18 Å². The smallest absolute Gasteiger partial charge is 0.391 e. The van der Waals surface area contributed by atoms with E-state index in [1.807, 2.05) is 0 Å².